The monoisotopic (exact) mass is 220 g/mol. The van der Waals surface area contributed by atoms with Crippen LogP contribution in [0.4, 0.5) is 0 Å². The third-order valence-corrected chi connectivity index (χ3v) is 2.62. The normalized spacial score (nSPS) is 31.8. The van der Waals surface area contributed by atoms with Crippen LogP contribution in [0.2, 0.25) is 0 Å². The molecule has 0 aliphatic carbocycles. The van der Waals surface area contributed by atoms with Crippen LogP contribution >= 0.6 is 15.9 Å². The first-order valence-electron chi connectivity index (χ1n) is 3.94. The Morgan fingerprint density at radius 3 is 3.00 bits per heavy atom. The minimum absolute atomic E-state index is 0.234. The number of rotatable bonds is 2. The fourth-order valence-electron chi connectivity index (χ4n) is 1.40. The summed E-state index contributed by atoms with van der Waals surface area (Å²) in [5.74, 6) is 0.554. The van der Waals surface area contributed by atoms with Crippen molar-refractivity contribution in [1.82, 2.24) is 0 Å². The first-order valence-corrected chi connectivity index (χ1v) is 5.06. The fourth-order valence-corrected chi connectivity index (χ4v) is 1.86. The van der Waals surface area contributed by atoms with Gasteiger partial charge in [-0.25, -0.2) is 0 Å². The molecule has 1 aliphatic heterocycles. The highest BCUT2D eigenvalue weighted by Crippen LogP contribution is 2.21. The van der Waals surface area contributed by atoms with Gasteiger partial charge in [-0.1, -0.05) is 15.9 Å². The molecule has 1 heterocycles. The van der Waals surface area contributed by atoms with Crippen molar-refractivity contribution in [2.75, 3.05) is 11.9 Å². The second kappa shape index (κ2) is 4.21. The first-order chi connectivity index (χ1) is 5.24. The molecule has 3 heteroatoms. The SMILES string of the molecule is C[C@H]1C[C@H](C(=O)CBr)CCO1. The Hall–Kier alpha value is 0.110. The number of alkyl halides is 1. The number of carbonyl (C=O) groups is 1. The van der Waals surface area contributed by atoms with Crippen LogP contribution in [0.15, 0.2) is 0 Å². The zero-order valence-corrected chi connectivity index (χ0v) is 8.26. The Morgan fingerprint density at radius 2 is 2.45 bits per heavy atom. The van der Waals surface area contributed by atoms with Crippen molar-refractivity contribution < 1.29 is 9.53 Å². The standard InChI is InChI=1S/C8H13BrO2/c1-6-4-7(2-3-11-6)8(10)5-9/h6-7H,2-5H2,1H3/t6-,7+/m0/s1. The van der Waals surface area contributed by atoms with Gasteiger partial charge in [-0.2, -0.15) is 0 Å². The van der Waals surface area contributed by atoms with E-state index in [1.165, 1.54) is 0 Å². The van der Waals surface area contributed by atoms with Crippen molar-refractivity contribution in [2.45, 2.75) is 25.9 Å². The zero-order valence-electron chi connectivity index (χ0n) is 6.68. The molecule has 0 aromatic rings. The average Bonchev–Trinajstić information content (AvgIpc) is 2.03. The van der Waals surface area contributed by atoms with E-state index in [2.05, 4.69) is 15.9 Å². The van der Waals surface area contributed by atoms with Crippen LogP contribution in [0, 0.1) is 5.92 Å². The molecule has 0 bridgehead atoms. The second-order valence-corrected chi connectivity index (χ2v) is 3.56. The minimum atomic E-state index is 0.234. The molecular weight excluding hydrogens is 208 g/mol. The van der Waals surface area contributed by atoms with Gasteiger partial charge >= 0.3 is 0 Å². The van der Waals surface area contributed by atoms with Gasteiger partial charge in [-0.15, -0.1) is 0 Å². The van der Waals surface area contributed by atoms with Crippen molar-refractivity contribution in [3.63, 3.8) is 0 Å². The number of halogens is 1. The largest absolute Gasteiger partial charge is 0.378 e. The Balaban J connectivity index is 2.39. The number of ketones is 1. The van der Waals surface area contributed by atoms with Gasteiger partial charge < -0.3 is 4.74 Å². The first kappa shape index (κ1) is 9.20. The molecule has 0 radical (unpaired) electrons. The molecule has 1 fully saturated rings. The van der Waals surface area contributed by atoms with Crippen LogP contribution in [0.3, 0.4) is 0 Å². The maximum atomic E-state index is 11.2. The molecule has 0 N–H and O–H groups in total. The van der Waals surface area contributed by atoms with Crippen molar-refractivity contribution >= 4 is 21.7 Å². The summed E-state index contributed by atoms with van der Waals surface area (Å²) < 4.78 is 5.34. The third kappa shape index (κ3) is 2.56. The predicted octanol–water partition coefficient (Wildman–Crippen LogP) is 1.77. The van der Waals surface area contributed by atoms with E-state index in [9.17, 15) is 4.79 Å². The van der Waals surface area contributed by atoms with Crippen molar-refractivity contribution in [3.05, 3.63) is 0 Å². The summed E-state index contributed by atoms with van der Waals surface area (Å²) in [6.45, 7) is 2.76. The van der Waals surface area contributed by atoms with E-state index in [0.717, 1.165) is 19.4 Å². The topological polar surface area (TPSA) is 26.3 Å². The highest BCUT2D eigenvalue weighted by atomic mass is 79.9. The smallest absolute Gasteiger partial charge is 0.146 e. The van der Waals surface area contributed by atoms with Crippen LogP contribution in [-0.4, -0.2) is 23.8 Å². The molecule has 2 nitrogen and oxygen atoms in total. The number of hydrogen-bond acceptors (Lipinski definition) is 2. The van der Waals surface area contributed by atoms with Gasteiger partial charge in [0.1, 0.15) is 5.78 Å². The van der Waals surface area contributed by atoms with Crippen LogP contribution in [0.25, 0.3) is 0 Å². The molecular formula is C8H13BrO2. The number of hydrogen-bond donors (Lipinski definition) is 0. The lowest BCUT2D eigenvalue weighted by molar-refractivity contribution is -0.124. The minimum Gasteiger partial charge on any atom is -0.378 e. The molecule has 1 saturated heterocycles. The maximum Gasteiger partial charge on any atom is 0.146 e. The van der Waals surface area contributed by atoms with Crippen molar-refractivity contribution in [1.29, 1.82) is 0 Å². The van der Waals surface area contributed by atoms with Crippen LogP contribution in [0.5, 0.6) is 0 Å². The average molecular weight is 221 g/mol. The zero-order chi connectivity index (χ0) is 8.27. The van der Waals surface area contributed by atoms with Gasteiger partial charge in [-0.3, -0.25) is 4.79 Å². The van der Waals surface area contributed by atoms with E-state index in [4.69, 9.17) is 4.74 Å². The van der Waals surface area contributed by atoms with E-state index < -0.39 is 0 Å². The third-order valence-electron chi connectivity index (χ3n) is 2.07. The summed E-state index contributed by atoms with van der Waals surface area (Å²) in [6, 6.07) is 0. The van der Waals surface area contributed by atoms with E-state index >= 15 is 0 Å². The molecule has 0 saturated carbocycles. The molecule has 1 aliphatic rings. The van der Waals surface area contributed by atoms with Gasteiger partial charge in [0, 0.05) is 12.5 Å². The van der Waals surface area contributed by atoms with Crippen molar-refractivity contribution in [2.24, 2.45) is 5.92 Å². The summed E-state index contributed by atoms with van der Waals surface area (Å²) >= 11 is 3.18. The van der Waals surface area contributed by atoms with E-state index in [1.807, 2.05) is 6.92 Å². The van der Waals surface area contributed by atoms with Gasteiger partial charge in [0.25, 0.3) is 0 Å². The molecule has 0 unspecified atom stereocenters. The fraction of sp³-hybridized carbons (Fsp3) is 0.875. The number of carbonyl (C=O) groups excluding carboxylic acids is 1. The summed E-state index contributed by atoms with van der Waals surface area (Å²) in [7, 11) is 0. The van der Waals surface area contributed by atoms with Crippen LogP contribution < -0.4 is 0 Å². The molecule has 0 aromatic heterocycles. The molecule has 0 amide bonds. The highest BCUT2D eigenvalue weighted by Gasteiger charge is 2.24. The van der Waals surface area contributed by atoms with Crippen LogP contribution in [0.1, 0.15) is 19.8 Å². The Labute approximate surface area is 75.4 Å². The summed E-state index contributed by atoms with van der Waals surface area (Å²) in [6.07, 6.45) is 2.05. The Kier molecular flexibility index (Phi) is 3.52. The van der Waals surface area contributed by atoms with Gasteiger partial charge in [0.15, 0.2) is 0 Å². The lowest BCUT2D eigenvalue weighted by Crippen LogP contribution is -2.28. The predicted molar refractivity (Wildman–Crippen MR) is 46.9 cm³/mol. The Morgan fingerprint density at radius 1 is 1.73 bits per heavy atom. The lowest BCUT2D eigenvalue weighted by Gasteiger charge is -2.25. The molecule has 64 valence electrons. The lowest BCUT2D eigenvalue weighted by atomic mass is 9.93. The van der Waals surface area contributed by atoms with Gasteiger partial charge in [-0.05, 0) is 19.8 Å². The number of ether oxygens (including phenoxy) is 1. The van der Waals surface area contributed by atoms with Gasteiger partial charge in [0.2, 0.25) is 0 Å². The van der Waals surface area contributed by atoms with E-state index in [0.29, 0.717) is 11.1 Å². The summed E-state index contributed by atoms with van der Waals surface area (Å²) in [4.78, 5) is 11.2. The molecule has 0 spiro atoms. The molecule has 1 rings (SSSR count). The quantitative estimate of drug-likeness (QED) is 0.664. The van der Waals surface area contributed by atoms with Gasteiger partial charge in [0.05, 0.1) is 11.4 Å². The molecule has 2 atom stereocenters. The summed E-state index contributed by atoms with van der Waals surface area (Å²) in [5.41, 5.74) is 0. The highest BCUT2D eigenvalue weighted by molar-refractivity contribution is 9.09. The second-order valence-electron chi connectivity index (χ2n) is 3.00. The number of Topliss-reactive ketones (excluding diaryl/α,β-unsaturated/α-hetero) is 1. The molecule has 11 heavy (non-hydrogen) atoms. The molecule has 0 aromatic carbocycles. The van der Waals surface area contributed by atoms with E-state index in [1.54, 1.807) is 0 Å². The maximum absolute atomic E-state index is 11.2. The van der Waals surface area contributed by atoms with Crippen molar-refractivity contribution in [3.8, 4) is 0 Å². The summed E-state index contributed by atoms with van der Waals surface area (Å²) in [5, 5.41) is 0.490. The Bertz CT molecular complexity index is 147. The van der Waals surface area contributed by atoms with E-state index in [-0.39, 0.29) is 12.0 Å². The van der Waals surface area contributed by atoms with Crippen LogP contribution in [-0.2, 0) is 9.53 Å².